The van der Waals surface area contributed by atoms with Crippen LogP contribution in [0.1, 0.15) is 30.3 Å². The van der Waals surface area contributed by atoms with Gasteiger partial charge >= 0.3 is 0 Å². The van der Waals surface area contributed by atoms with Gasteiger partial charge in [-0.05, 0) is 12.8 Å². The normalized spacial score (nSPS) is 16.0. The summed E-state index contributed by atoms with van der Waals surface area (Å²) in [6.45, 7) is 0.501. The fourth-order valence-corrected chi connectivity index (χ4v) is 2.40. The van der Waals surface area contributed by atoms with E-state index in [-0.39, 0.29) is 11.9 Å². The molecule has 2 N–H and O–H groups in total. The van der Waals surface area contributed by atoms with Crippen LogP contribution in [-0.2, 0) is 25.4 Å². The van der Waals surface area contributed by atoms with Crippen molar-refractivity contribution >= 4 is 5.91 Å². The minimum absolute atomic E-state index is 0.0616. The van der Waals surface area contributed by atoms with Crippen LogP contribution in [0, 0.1) is 0 Å². The smallest absolute Gasteiger partial charge is 0.244 e. The van der Waals surface area contributed by atoms with Gasteiger partial charge in [0.25, 0.3) is 0 Å². The number of rotatable bonds is 5. The average Bonchev–Trinajstić information content (AvgIpc) is 3.09. The van der Waals surface area contributed by atoms with Crippen LogP contribution < -0.4 is 5.73 Å². The highest BCUT2D eigenvalue weighted by molar-refractivity contribution is 5.83. The first-order chi connectivity index (χ1) is 10.1. The Bertz CT molecular complexity index is 641. The molecule has 1 fully saturated rings. The molecule has 0 aromatic carbocycles. The van der Waals surface area contributed by atoms with Gasteiger partial charge in [0, 0.05) is 44.3 Å². The number of nitrogens with two attached hydrogens (primary N) is 1. The van der Waals surface area contributed by atoms with E-state index in [0.29, 0.717) is 6.54 Å². The van der Waals surface area contributed by atoms with Gasteiger partial charge in [0.2, 0.25) is 5.91 Å². The fourth-order valence-electron chi connectivity index (χ4n) is 2.40. The van der Waals surface area contributed by atoms with Gasteiger partial charge in [-0.1, -0.05) is 0 Å². The van der Waals surface area contributed by atoms with Crippen LogP contribution in [0.4, 0.5) is 0 Å². The molecule has 1 atom stereocenters. The molecule has 1 amide bonds. The van der Waals surface area contributed by atoms with Gasteiger partial charge < -0.3 is 15.2 Å². The molecular weight excluding hydrogens is 268 g/mol. The maximum absolute atomic E-state index is 12.7. The molecule has 1 unspecified atom stereocenters. The Labute approximate surface area is 123 Å². The molecule has 2 aromatic rings. The predicted molar refractivity (Wildman–Crippen MR) is 76.9 cm³/mol. The zero-order valence-corrected chi connectivity index (χ0v) is 12.3. The molecule has 2 heterocycles. The first-order valence-corrected chi connectivity index (χ1v) is 7.07. The number of carbonyl (C=O) groups is 1. The van der Waals surface area contributed by atoms with Crippen molar-refractivity contribution in [2.75, 3.05) is 0 Å². The molecule has 21 heavy (non-hydrogen) atoms. The van der Waals surface area contributed by atoms with Gasteiger partial charge in [0.05, 0.1) is 12.7 Å². The minimum atomic E-state index is -0.667. The molecule has 0 spiro atoms. The molecule has 7 nitrogen and oxygen atoms in total. The van der Waals surface area contributed by atoms with Crippen molar-refractivity contribution in [3.05, 3.63) is 36.2 Å². The summed E-state index contributed by atoms with van der Waals surface area (Å²) in [5, 5.41) is 4.08. The largest absolute Gasteiger partial charge is 0.337 e. The second-order valence-corrected chi connectivity index (χ2v) is 5.58. The lowest BCUT2D eigenvalue weighted by atomic mass is 10.1. The van der Waals surface area contributed by atoms with Crippen molar-refractivity contribution in [3.8, 4) is 0 Å². The summed E-state index contributed by atoms with van der Waals surface area (Å²) in [5.74, 6) is 0.808. The van der Waals surface area contributed by atoms with Gasteiger partial charge in [-0.3, -0.25) is 9.48 Å². The Morgan fingerprint density at radius 3 is 2.81 bits per heavy atom. The van der Waals surface area contributed by atoms with Crippen molar-refractivity contribution in [1.29, 1.82) is 0 Å². The van der Waals surface area contributed by atoms with Gasteiger partial charge in [0.15, 0.2) is 0 Å². The summed E-state index contributed by atoms with van der Waals surface area (Å²) in [6, 6.07) is -0.378. The Kier molecular flexibility index (Phi) is 3.50. The lowest BCUT2D eigenvalue weighted by Crippen LogP contribution is -2.40. The summed E-state index contributed by atoms with van der Waals surface area (Å²) < 4.78 is 3.58. The second kappa shape index (κ2) is 5.33. The van der Waals surface area contributed by atoms with E-state index in [1.54, 1.807) is 23.3 Å². The number of carbonyl (C=O) groups excluding carboxylic acids is 1. The standard InChI is InChI=1S/C14H20N6O/c1-18-6-5-16-12(18)9-20(11-3-4-11)14(21)13(15)10-7-17-19(2)8-10/h5-8,11,13H,3-4,9,15H2,1-2H3. The molecule has 112 valence electrons. The number of amides is 1. The lowest BCUT2D eigenvalue weighted by Gasteiger charge is -2.25. The first kappa shape index (κ1) is 13.8. The van der Waals surface area contributed by atoms with Crippen molar-refractivity contribution in [2.45, 2.75) is 31.5 Å². The zero-order valence-electron chi connectivity index (χ0n) is 12.3. The maximum Gasteiger partial charge on any atom is 0.244 e. The van der Waals surface area contributed by atoms with E-state index in [0.717, 1.165) is 24.2 Å². The van der Waals surface area contributed by atoms with Crippen LogP contribution in [-0.4, -0.2) is 36.2 Å². The lowest BCUT2D eigenvalue weighted by molar-refractivity contribution is -0.134. The third kappa shape index (κ3) is 2.82. The summed E-state index contributed by atoms with van der Waals surface area (Å²) in [7, 11) is 3.74. The minimum Gasteiger partial charge on any atom is -0.337 e. The molecule has 0 saturated heterocycles. The number of hydrogen-bond acceptors (Lipinski definition) is 4. The van der Waals surface area contributed by atoms with E-state index >= 15 is 0 Å². The Morgan fingerprint density at radius 2 is 2.29 bits per heavy atom. The average molecular weight is 288 g/mol. The van der Waals surface area contributed by atoms with E-state index in [4.69, 9.17) is 5.73 Å². The Morgan fingerprint density at radius 1 is 1.52 bits per heavy atom. The molecular formula is C14H20N6O. The van der Waals surface area contributed by atoms with E-state index in [1.807, 2.05) is 29.8 Å². The van der Waals surface area contributed by atoms with E-state index < -0.39 is 6.04 Å². The Hall–Kier alpha value is -2.15. The molecule has 0 radical (unpaired) electrons. The van der Waals surface area contributed by atoms with Crippen LogP contribution in [0.25, 0.3) is 0 Å². The predicted octanol–water partition coefficient (Wildman–Crippen LogP) is 0.345. The first-order valence-electron chi connectivity index (χ1n) is 7.07. The van der Waals surface area contributed by atoms with E-state index in [9.17, 15) is 4.79 Å². The maximum atomic E-state index is 12.7. The molecule has 2 aromatic heterocycles. The quantitative estimate of drug-likeness (QED) is 0.860. The molecule has 1 aliphatic carbocycles. The van der Waals surface area contributed by atoms with Gasteiger partial charge in [-0.2, -0.15) is 5.10 Å². The van der Waals surface area contributed by atoms with Gasteiger partial charge in [-0.25, -0.2) is 4.98 Å². The van der Waals surface area contributed by atoms with Gasteiger partial charge in [0.1, 0.15) is 11.9 Å². The summed E-state index contributed by atoms with van der Waals surface area (Å²) >= 11 is 0. The molecule has 0 aliphatic heterocycles. The summed E-state index contributed by atoms with van der Waals surface area (Å²) in [5.41, 5.74) is 6.86. The molecule has 7 heteroatoms. The highest BCUT2D eigenvalue weighted by atomic mass is 16.2. The molecule has 1 saturated carbocycles. The zero-order chi connectivity index (χ0) is 15.0. The topological polar surface area (TPSA) is 82.0 Å². The Balaban J connectivity index is 1.77. The van der Waals surface area contributed by atoms with Crippen LogP contribution in [0.3, 0.4) is 0 Å². The second-order valence-electron chi connectivity index (χ2n) is 5.58. The third-order valence-corrected chi connectivity index (χ3v) is 3.85. The van der Waals surface area contributed by atoms with Crippen LogP contribution in [0.15, 0.2) is 24.8 Å². The molecule has 1 aliphatic rings. The van der Waals surface area contributed by atoms with Crippen molar-refractivity contribution < 1.29 is 4.79 Å². The number of hydrogen-bond donors (Lipinski definition) is 1. The monoisotopic (exact) mass is 288 g/mol. The SMILES string of the molecule is Cn1cc(C(N)C(=O)N(Cc2nccn2C)C2CC2)cn1. The van der Waals surface area contributed by atoms with Crippen LogP contribution >= 0.6 is 0 Å². The number of aromatic nitrogens is 4. The van der Waals surface area contributed by atoms with Crippen LogP contribution in [0.5, 0.6) is 0 Å². The van der Waals surface area contributed by atoms with Crippen molar-refractivity contribution in [3.63, 3.8) is 0 Å². The number of nitrogens with zero attached hydrogens (tertiary/aromatic N) is 5. The molecule has 0 bridgehead atoms. The van der Waals surface area contributed by atoms with E-state index in [2.05, 4.69) is 10.1 Å². The third-order valence-electron chi connectivity index (χ3n) is 3.85. The summed E-state index contributed by atoms with van der Waals surface area (Å²) in [6.07, 6.45) is 9.13. The van der Waals surface area contributed by atoms with Crippen LogP contribution in [0.2, 0.25) is 0 Å². The molecule has 3 rings (SSSR count). The van der Waals surface area contributed by atoms with Crippen molar-refractivity contribution in [2.24, 2.45) is 19.8 Å². The van der Waals surface area contributed by atoms with Gasteiger partial charge in [-0.15, -0.1) is 0 Å². The number of imidazole rings is 1. The highest BCUT2D eigenvalue weighted by Crippen LogP contribution is 2.30. The summed E-state index contributed by atoms with van der Waals surface area (Å²) in [4.78, 5) is 18.8. The fraction of sp³-hybridized carbons (Fsp3) is 0.500. The number of aryl methyl sites for hydroxylation is 2. The van der Waals surface area contributed by atoms with Crippen molar-refractivity contribution in [1.82, 2.24) is 24.2 Å². The van der Waals surface area contributed by atoms with E-state index in [1.165, 1.54) is 0 Å². The highest BCUT2D eigenvalue weighted by Gasteiger charge is 2.36.